The van der Waals surface area contributed by atoms with Crippen LogP contribution in [0.25, 0.3) is 44.5 Å². The smallest absolute Gasteiger partial charge is 0.381 e. The molecular formula is C58H48BrN9O22S4. The van der Waals surface area contributed by atoms with E-state index in [1.54, 1.807) is 60.7 Å². The van der Waals surface area contributed by atoms with Crippen LogP contribution in [0.3, 0.4) is 0 Å². The van der Waals surface area contributed by atoms with Gasteiger partial charge in [-0.15, -0.1) is 25.3 Å². The van der Waals surface area contributed by atoms with Gasteiger partial charge in [-0.3, -0.25) is 43.7 Å². The first kappa shape index (κ1) is 68.2. The number of rotatable bonds is 19. The molecule has 1 saturated heterocycles. The molecule has 6 N–H and O–H groups in total. The summed E-state index contributed by atoms with van der Waals surface area (Å²) in [6, 6.07) is 32.4. The second-order valence-electron chi connectivity index (χ2n) is 20.5. The molecule has 1 fully saturated rings. The minimum atomic E-state index is -4.48. The monoisotopic (exact) mass is 1430 g/mol. The molecule has 7 aromatic carbocycles. The second kappa shape index (κ2) is 29.2. The number of amides is 1. The SMILES string of the molecule is O=C1c2ccccc2-c2onc3c(Br)cc(Nc4cccc(S(=O)(=O)O)c4)c1c23.O=C1c2ccccc2-c2onc3c(N4CCC(C(=O)NCCCOCCCNc5ccc([N+](=O)[O-])cc5[N+](=O)[O-])CC4)cc(Nc4cccc(S(=O)(=O)O)c4)c1c23.O=S(=O)=O.O=S(=O)=O. The Morgan fingerprint density at radius 2 is 1.11 bits per heavy atom. The molecule has 0 bridgehead atoms. The molecule has 1 aliphatic heterocycles. The van der Waals surface area contributed by atoms with E-state index >= 15 is 0 Å². The number of ether oxygens (including phenoxy) is 1. The Kier molecular flexibility index (Phi) is 21.2. The number of aromatic nitrogens is 2. The minimum Gasteiger partial charge on any atom is -0.381 e. The topological polar surface area (TPSA) is 461 Å². The largest absolute Gasteiger partial charge is 0.425 e. The Morgan fingerprint density at radius 3 is 1.61 bits per heavy atom. The highest BCUT2D eigenvalue weighted by atomic mass is 79.9. The van der Waals surface area contributed by atoms with E-state index < -0.39 is 51.3 Å². The van der Waals surface area contributed by atoms with E-state index in [2.05, 4.69) is 52.4 Å². The van der Waals surface area contributed by atoms with Crippen LogP contribution in [0.2, 0.25) is 0 Å². The Balaban J connectivity index is 0.000000232. The molecule has 12 rings (SSSR count). The molecule has 0 unspecified atom stereocenters. The molecule has 3 heterocycles. The number of fused-ring (bicyclic) bond motifs is 4. The van der Waals surface area contributed by atoms with Gasteiger partial charge in [0.05, 0.1) is 64.7 Å². The molecule has 0 saturated carbocycles. The standard InChI is InChI=1S/C38H37N7O11S.C20H11BrN2O5S.2O3S/c46-36-27-8-1-2-9-28(27)37-34-33(36)30(41-24-6-3-7-26(20-24)57(52,53)54)22-32(35(34)42-56-37)43-16-12-23(13-17-43)38(47)40-15-5-19-55-18-4-14-39-29-11-10-25(44(48)49)21-31(29)45(50)51;21-14-9-15(22-10-4-3-5-11(8-10)29(25,26)27)16-17-18(14)23-28-20(17)13-7-2-1-6-12(13)19(16)24;2*1-4(2)3/h1-3,6-11,20-23,39,41H,4-5,12-19H2,(H,40,47)(H,52,53,54);1-9,22H,(H,25,26,27);;. The Labute approximate surface area is 542 Å². The summed E-state index contributed by atoms with van der Waals surface area (Å²) in [4.78, 5) is 62.8. The number of anilines is 6. The number of nitro groups is 2. The number of piperidine rings is 1. The van der Waals surface area contributed by atoms with Crippen LogP contribution in [0.1, 0.15) is 57.5 Å². The maximum Gasteiger partial charge on any atom is 0.425 e. The van der Waals surface area contributed by atoms with Gasteiger partial charge in [0.1, 0.15) is 16.7 Å². The molecule has 2 aliphatic carbocycles. The van der Waals surface area contributed by atoms with E-state index in [1.165, 1.54) is 48.5 Å². The average Bonchev–Trinajstić information content (AvgIpc) is 1.45. The lowest BCUT2D eigenvalue weighted by Crippen LogP contribution is -2.41. The molecule has 0 radical (unpaired) electrons. The van der Waals surface area contributed by atoms with Gasteiger partial charge in [-0.1, -0.05) is 71.0 Å². The first-order chi connectivity index (χ1) is 44.7. The van der Waals surface area contributed by atoms with Gasteiger partial charge in [0.25, 0.3) is 31.6 Å². The van der Waals surface area contributed by atoms with E-state index in [1.807, 2.05) is 12.1 Å². The number of carbonyl (C=O) groups is 3. The lowest BCUT2D eigenvalue weighted by molar-refractivity contribution is -0.393. The third-order valence-electron chi connectivity index (χ3n) is 14.7. The zero-order chi connectivity index (χ0) is 67.8. The Hall–Kier alpha value is -10.2. The van der Waals surface area contributed by atoms with E-state index in [0.717, 1.165) is 6.07 Å². The molecular weight excluding hydrogens is 1380 g/mol. The predicted molar refractivity (Wildman–Crippen MR) is 338 cm³/mol. The highest BCUT2D eigenvalue weighted by Crippen LogP contribution is 2.48. The molecule has 488 valence electrons. The van der Waals surface area contributed by atoms with Gasteiger partial charge in [0.2, 0.25) is 5.91 Å². The maximum atomic E-state index is 14.0. The molecule has 0 spiro atoms. The van der Waals surface area contributed by atoms with Crippen molar-refractivity contribution in [2.24, 2.45) is 5.92 Å². The third kappa shape index (κ3) is 15.6. The highest BCUT2D eigenvalue weighted by Gasteiger charge is 2.36. The molecule has 31 nitrogen and oxygen atoms in total. The Morgan fingerprint density at radius 1 is 0.628 bits per heavy atom. The fourth-order valence-corrected chi connectivity index (χ4v) is 12.2. The second-order valence-corrected chi connectivity index (χ2v) is 25.0. The van der Waals surface area contributed by atoms with Crippen molar-refractivity contribution in [1.82, 2.24) is 15.6 Å². The summed E-state index contributed by atoms with van der Waals surface area (Å²) in [6.07, 6.45) is 2.22. The van der Waals surface area contributed by atoms with Crippen LogP contribution in [0.15, 0.2) is 151 Å². The first-order valence-electron chi connectivity index (χ1n) is 27.6. The molecule has 36 heteroatoms. The summed E-state index contributed by atoms with van der Waals surface area (Å²) in [5.74, 6) is 0.202. The molecule has 94 heavy (non-hydrogen) atoms. The number of non-ortho nitro benzene ring substituents is 1. The lowest BCUT2D eigenvalue weighted by atomic mass is 9.86. The Bertz CT molecular complexity index is 4970. The zero-order valence-electron chi connectivity index (χ0n) is 48.1. The molecule has 9 aromatic rings. The van der Waals surface area contributed by atoms with Crippen molar-refractivity contribution < 1.29 is 89.2 Å². The van der Waals surface area contributed by atoms with Crippen molar-refractivity contribution in [3.63, 3.8) is 0 Å². The fraction of sp³-hybridized carbons (Fsp3) is 0.190. The summed E-state index contributed by atoms with van der Waals surface area (Å²) >= 11 is 3.46. The number of hydrogen-bond donors (Lipinski definition) is 6. The van der Waals surface area contributed by atoms with Gasteiger partial charge >= 0.3 is 21.2 Å². The first-order valence-corrected chi connectivity index (χ1v) is 33.2. The van der Waals surface area contributed by atoms with Gasteiger partial charge in [-0.25, -0.2) is 0 Å². The van der Waals surface area contributed by atoms with Gasteiger partial charge in [0, 0.05) is 89.5 Å². The van der Waals surface area contributed by atoms with E-state index in [9.17, 15) is 60.6 Å². The van der Waals surface area contributed by atoms with Crippen molar-refractivity contribution in [2.75, 3.05) is 60.2 Å². The summed E-state index contributed by atoms with van der Waals surface area (Å²) in [5, 5.41) is 44.0. The predicted octanol–water partition coefficient (Wildman–Crippen LogP) is 8.87. The van der Waals surface area contributed by atoms with Crippen molar-refractivity contribution in [2.45, 2.75) is 35.5 Å². The van der Waals surface area contributed by atoms with Crippen molar-refractivity contribution in [3.8, 4) is 22.6 Å². The van der Waals surface area contributed by atoms with Gasteiger partial charge in [-0.2, -0.15) is 16.8 Å². The van der Waals surface area contributed by atoms with Gasteiger partial charge in [-0.05, 0) is 96.2 Å². The van der Waals surface area contributed by atoms with Crippen molar-refractivity contribution in [3.05, 3.63) is 174 Å². The number of halogens is 1. The summed E-state index contributed by atoms with van der Waals surface area (Å²) in [6.45, 7) is 2.56. The van der Waals surface area contributed by atoms with Crippen LogP contribution in [0.5, 0.6) is 0 Å². The van der Waals surface area contributed by atoms with Gasteiger partial charge < -0.3 is 40.0 Å². The molecule has 2 aromatic heterocycles. The molecule has 0 atom stereocenters. The van der Waals surface area contributed by atoms with Crippen molar-refractivity contribution >= 4 is 142 Å². The normalized spacial score (nSPS) is 12.9. The van der Waals surface area contributed by atoms with Crippen LogP contribution < -0.4 is 26.2 Å². The average molecular weight is 1430 g/mol. The number of nitrogens with zero attached hydrogens (tertiary/aromatic N) is 5. The van der Waals surface area contributed by atoms with Crippen molar-refractivity contribution in [1.29, 1.82) is 0 Å². The number of benzene rings is 7. The highest BCUT2D eigenvalue weighted by molar-refractivity contribution is 9.10. The van der Waals surface area contributed by atoms with Crippen LogP contribution in [0, 0.1) is 26.1 Å². The zero-order valence-corrected chi connectivity index (χ0v) is 52.9. The van der Waals surface area contributed by atoms with Crippen LogP contribution in [-0.4, -0.2) is 128 Å². The van der Waals surface area contributed by atoms with Crippen LogP contribution in [0.4, 0.5) is 45.5 Å². The van der Waals surface area contributed by atoms with Crippen LogP contribution >= 0.6 is 15.9 Å². The third-order valence-corrected chi connectivity index (χ3v) is 17.0. The number of nitrogens with one attached hydrogen (secondary N) is 4. The van der Waals surface area contributed by atoms with Crippen LogP contribution in [-0.2, 0) is 51.0 Å². The number of nitro benzene ring substituents is 2. The summed E-state index contributed by atoms with van der Waals surface area (Å²) < 4.78 is 134. The molecule has 1 amide bonds. The van der Waals surface area contributed by atoms with E-state index in [0.29, 0.717) is 165 Å². The van der Waals surface area contributed by atoms with E-state index in [-0.39, 0.29) is 50.2 Å². The number of ketones is 2. The summed E-state index contributed by atoms with van der Waals surface area (Å²) in [7, 11) is -15.1. The minimum absolute atomic E-state index is 0.0644. The lowest BCUT2D eigenvalue weighted by Gasteiger charge is -2.33. The summed E-state index contributed by atoms with van der Waals surface area (Å²) in [5.41, 5.74) is 5.66. The number of hydrogen-bond acceptors (Lipinski definition) is 26. The maximum absolute atomic E-state index is 14.0. The fourth-order valence-electron chi connectivity index (χ4n) is 10.6. The number of carbonyl (C=O) groups excluding carboxylic acids is 3. The van der Waals surface area contributed by atoms with Gasteiger partial charge in [0.15, 0.2) is 23.1 Å². The molecule has 3 aliphatic rings. The van der Waals surface area contributed by atoms with E-state index in [4.69, 9.17) is 39.0 Å². The quantitative estimate of drug-likeness (QED) is 0.0190.